The van der Waals surface area contributed by atoms with E-state index < -0.39 is 12.1 Å². The molecule has 0 aromatic carbocycles. The Bertz CT molecular complexity index is 257. The van der Waals surface area contributed by atoms with Gasteiger partial charge in [0.2, 0.25) is 2.88 Å². The van der Waals surface area contributed by atoms with Crippen molar-refractivity contribution in [2.75, 3.05) is 0 Å². The van der Waals surface area contributed by atoms with Crippen LogP contribution >= 0.6 is 11.3 Å². The van der Waals surface area contributed by atoms with Gasteiger partial charge in [-0.05, 0) is 11.4 Å². The normalized spacial score (nSPS) is 10.2. The fourth-order valence-corrected chi connectivity index (χ4v) is 1.41. The van der Waals surface area contributed by atoms with E-state index in [9.17, 15) is 13.2 Å². The number of thiophene rings is 1. The average Bonchev–Trinajstić information content (AvgIpc) is 2.38. The summed E-state index contributed by atoms with van der Waals surface area (Å²) < 4.78 is 32.9. The van der Waals surface area contributed by atoms with E-state index in [4.69, 9.17) is 9.90 Å². The predicted octanol–water partition coefficient (Wildman–Crippen LogP) is -2.50. The number of alkyl halides is 3. The smallest absolute Gasteiger partial charge is 0.430 e. The van der Waals surface area contributed by atoms with Gasteiger partial charge in [0.05, 0.1) is 0 Å². The largest absolute Gasteiger partial charge is 0.542 e. The van der Waals surface area contributed by atoms with Crippen molar-refractivity contribution in [2.24, 2.45) is 0 Å². The molecule has 74 valence electrons. The Morgan fingerprint density at radius 2 is 2.00 bits per heavy atom. The van der Waals surface area contributed by atoms with E-state index >= 15 is 0 Å². The Labute approximate surface area is 89.5 Å². The summed E-state index contributed by atoms with van der Waals surface area (Å²) >= 11 is 3.82. The van der Waals surface area contributed by atoms with Crippen LogP contribution in [0.15, 0.2) is 17.5 Å². The molecule has 1 aromatic rings. The zero-order valence-corrected chi connectivity index (χ0v) is 9.15. The zero-order valence-electron chi connectivity index (χ0n) is 6.00. The van der Waals surface area contributed by atoms with Gasteiger partial charge in [0.25, 0.3) is 0 Å². The summed E-state index contributed by atoms with van der Waals surface area (Å²) in [5.41, 5.74) is 0. The first kappa shape index (κ1) is 12.7. The van der Waals surface area contributed by atoms with Crippen molar-refractivity contribution < 1.29 is 45.7 Å². The van der Waals surface area contributed by atoms with Gasteiger partial charge in [-0.1, -0.05) is 11.3 Å². The van der Waals surface area contributed by atoms with Crippen molar-refractivity contribution in [1.29, 1.82) is 0 Å². The Balaban J connectivity index is 0.000000223. The molecule has 0 saturated carbocycles. The van der Waals surface area contributed by atoms with Gasteiger partial charge in [-0.2, -0.15) is 13.2 Å². The molecule has 0 fully saturated rings. The first-order valence-corrected chi connectivity index (χ1v) is 4.87. The number of carboxylic acids is 1. The third-order valence-corrected chi connectivity index (χ3v) is 2.60. The van der Waals surface area contributed by atoms with Gasteiger partial charge in [0.15, 0.2) is 0 Å². The molecule has 1 aromatic heterocycles. The van der Waals surface area contributed by atoms with Gasteiger partial charge in [0, 0.05) is 6.07 Å². The molecule has 1 heterocycles. The standard InChI is InChI=1S/C4H4IS.C2HF3O2/c5-4-2-1-3-6-4;3-2(4,5)1(6)7/h1-3,5H;(H,6,7)/q+1;/p-1. The quantitative estimate of drug-likeness (QED) is 0.495. The molecular formula is C6H4F3IO2S. The molecule has 0 aliphatic carbocycles. The maximum atomic E-state index is 10.5. The van der Waals surface area contributed by atoms with Gasteiger partial charge in [-0.3, -0.25) is 0 Å². The number of aliphatic carboxylic acids is 1. The molecule has 0 aliphatic rings. The van der Waals surface area contributed by atoms with Crippen LogP contribution in [0.3, 0.4) is 0 Å². The molecular weight excluding hydrogens is 320 g/mol. The maximum absolute atomic E-state index is 10.5. The molecule has 1 rings (SSSR count). The fourth-order valence-electron chi connectivity index (χ4n) is 0.263. The van der Waals surface area contributed by atoms with E-state index in [0.717, 1.165) is 0 Å². The number of carboxylic acid groups (broad SMARTS) is 1. The van der Waals surface area contributed by atoms with Crippen LogP contribution in [0.4, 0.5) is 13.2 Å². The summed E-state index contributed by atoms with van der Waals surface area (Å²) in [4.78, 5) is 8.78. The summed E-state index contributed by atoms with van der Waals surface area (Å²) in [6, 6.07) is 4.16. The fraction of sp³-hybridized carbons (Fsp3) is 0.167. The highest BCUT2D eigenvalue weighted by molar-refractivity contribution is 7.07. The van der Waals surface area contributed by atoms with Crippen molar-refractivity contribution in [1.82, 2.24) is 0 Å². The van der Waals surface area contributed by atoms with Gasteiger partial charge < -0.3 is 9.90 Å². The van der Waals surface area contributed by atoms with Gasteiger partial charge in [-0.25, -0.2) is 0 Å². The number of carbonyl (C=O) groups excluding carboxylic acids is 1. The molecule has 2 nitrogen and oxygen atoms in total. The van der Waals surface area contributed by atoms with Gasteiger partial charge in [-0.15, -0.1) is 0 Å². The predicted molar refractivity (Wildman–Crippen MR) is 35.5 cm³/mol. The van der Waals surface area contributed by atoms with Crippen molar-refractivity contribution >= 4 is 17.3 Å². The molecule has 0 amide bonds. The number of hydrogen-bond acceptors (Lipinski definition) is 3. The molecule has 0 unspecified atom stereocenters. The first-order chi connectivity index (χ1) is 5.84. The van der Waals surface area contributed by atoms with E-state index in [1.54, 1.807) is 11.3 Å². The van der Waals surface area contributed by atoms with Crippen LogP contribution in [-0.2, 0) is 4.79 Å². The highest BCUT2D eigenvalue weighted by Gasteiger charge is 2.28. The summed E-state index contributed by atoms with van der Waals surface area (Å²) in [6.45, 7) is 0. The Hall–Kier alpha value is -0.310. The van der Waals surface area contributed by atoms with Crippen LogP contribution in [0.25, 0.3) is 0 Å². The molecule has 0 saturated heterocycles. The monoisotopic (exact) mass is 324 g/mol. The lowest BCUT2D eigenvalue weighted by atomic mass is 10.7. The van der Waals surface area contributed by atoms with E-state index in [1.807, 2.05) is 22.6 Å². The van der Waals surface area contributed by atoms with E-state index in [1.165, 1.54) is 2.88 Å². The Kier molecular flexibility index (Phi) is 5.30. The molecule has 0 N–H and O–H groups in total. The van der Waals surface area contributed by atoms with Crippen LogP contribution in [0.2, 0.25) is 0 Å². The lowest BCUT2D eigenvalue weighted by Crippen LogP contribution is -3.33. The number of halogens is 4. The average molecular weight is 324 g/mol. The van der Waals surface area contributed by atoms with Crippen molar-refractivity contribution in [2.45, 2.75) is 6.18 Å². The van der Waals surface area contributed by atoms with Crippen molar-refractivity contribution in [3.63, 3.8) is 0 Å². The highest BCUT2D eigenvalue weighted by Crippen LogP contribution is 2.11. The molecule has 0 aliphatic heterocycles. The molecule has 0 bridgehead atoms. The van der Waals surface area contributed by atoms with Crippen molar-refractivity contribution in [3.8, 4) is 0 Å². The SMILES string of the molecule is O=C([O-])C(F)(F)F.[IH+]c1cccs1. The zero-order chi connectivity index (χ0) is 10.5. The minimum Gasteiger partial charge on any atom is -0.542 e. The lowest BCUT2D eigenvalue weighted by molar-refractivity contribution is -0.344. The highest BCUT2D eigenvalue weighted by atomic mass is 127. The summed E-state index contributed by atoms with van der Waals surface area (Å²) in [6.07, 6.45) is -5.19. The maximum Gasteiger partial charge on any atom is 0.430 e. The number of hydrogen-bond donors (Lipinski definition) is 0. The second-order valence-electron chi connectivity index (χ2n) is 1.72. The molecule has 0 spiro atoms. The second kappa shape index (κ2) is 5.43. The molecule has 0 atom stereocenters. The van der Waals surface area contributed by atoms with Crippen LogP contribution in [0.5, 0.6) is 0 Å². The minimum atomic E-state index is -5.19. The Morgan fingerprint density at radius 1 is 1.54 bits per heavy atom. The number of carbonyl (C=O) groups is 1. The summed E-state index contributed by atoms with van der Waals surface area (Å²) in [5, 5.41) is 10.9. The van der Waals surface area contributed by atoms with Crippen LogP contribution < -0.4 is 27.7 Å². The first-order valence-electron chi connectivity index (χ1n) is 2.82. The molecule has 13 heavy (non-hydrogen) atoms. The van der Waals surface area contributed by atoms with Gasteiger partial charge in [0.1, 0.15) is 5.97 Å². The summed E-state index contributed by atoms with van der Waals surface area (Å²) in [7, 11) is 0. The third kappa shape index (κ3) is 6.82. The van der Waals surface area contributed by atoms with E-state index in [0.29, 0.717) is 0 Å². The van der Waals surface area contributed by atoms with E-state index in [2.05, 4.69) is 17.5 Å². The van der Waals surface area contributed by atoms with E-state index in [-0.39, 0.29) is 0 Å². The molecule has 0 radical (unpaired) electrons. The van der Waals surface area contributed by atoms with Crippen LogP contribution in [-0.4, -0.2) is 12.1 Å². The van der Waals surface area contributed by atoms with Crippen LogP contribution in [0.1, 0.15) is 0 Å². The number of rotatable bonds is 0. The lowest BCUT2D eigenvalue weighted by Gasteiger charge is -2.03. The minimum absolute atomic E-state index is 1.39. The summed E-state index contributed by atoms with van der Waals surface area (Å²) in [5.74, 6) is -3.01. The second-order valence-corrected chi connectivity index (χ2v) is 4.73. The van der Waals surface area contributed by atoms with Crippen molar-refractivity contribution in [3.05, 3.63) is 20.4 Å². The van der Waals surface area contributed by atoms with Crippen LogP contribution in [0, 0.1) is 2.88 Å². The third-order valence-electron chi connectivity index (χ3n) is 0.727. The topological polar surface area (TPSA) is 40.1 Å². The Morgan fingerprint density at radius 3 is 2.08 bits per heavy atom. The van der Waals surface area contributed by atoms with Gasteiger partial charge >= 0.3 is 28.8 Å². The molecule has 7 heteroatoms.